The second-order valence-electron chi connectivity index (χ2n) is 5.13. The van der Waals surface area contributed by atoms with Crippen molar-refractivity contribution >= 4 is 5.95 Å². The normalized spacial score (nSPS) is 12.8. The maximum absolute atomic E-state index is 5.78. The number of anilines is 1. The number of nitrogens with one attached hydrogen (secondary N) is 1. The van der Waals surface area contributed by atoms with Gasteiger partial charge in [-0.25, -0.2) is 9.97 Å². The molecule has 18 heavy (non-hydrogen) atoms. The number of nitrogens with zero attached hydrogens (tertiary/aromatic N) is 2. The lowest BCUT2D eigenvalue weighted by Crippen LogP contribution is -2.29. The first-order valence-corrected chi connectivity index (χ1v) is 6.89. The summed E-state index contributed by atoms with van der Waals surface area (Å²) >= 11 is 0. The van der Waals surface area contributed by atoms with Gasteiger partial charge in [0.25, 0.3) is 0 Å². The van der Waals surface area contributed by atoms with Gasteiger partial charge in [0.15, 0.2) is 0 Å². The van der Waals surface area contributed by atoms with Crippen LogP contribution in [-0.4, -0.2) is 22.6 Å². The second-order valence-corrected chi connectivity index (χ2v) is 5.13. The molecule has 1 atom stereocenters. The highest BCUT2D eigenvalue weighted by Crippen LogP contribution is 2.15. The van der Waals surface area contributed by atoms with E-state index in [1.54, 1.807) is 0 Å². The van der Waals surface area contributed by atoms with Gasteiger partial charge in [0.05, 0.1) is 0 Å². The topological polar surface area (TPSA) is 63.8 Å². The third-order valence-electron chi connectivity index (χ3n) is 2.99. The van der Waals surface area contributed by atoms with Crippen LogP contribution < -0.4 is 11.1 Å². The van der Waals surface area contributed by atoms with Crippen LogP contribution in [0.15, 0.2) is 6.07 Å². The molecule has 0 aromatic carbocycles. The predicted molar refractivity (Wildman–Crippen MR) is 76.8 cm³/mol. The first kappa shape index (κ1) is 14.9. The van der Waals surface area contributed by atoms with Gasteiger partial charge in [-0.3, -0.25) is 0 Å². The van der Waals surface area contributed by atoms with Gasteiger partial charge >= 0.3 is 0 Å². The molecule has 3 N–H and O–H groups in total. The van der Waals surface area contributed by atoms with Gasteiger partial charge in [-0.05, 0) is 25.3 Å². The summed E-state index contributed by atoms with van der Waals surface area (Å²) in [6, 6.07) is 2.31. The minimum absolute atomic E-state index is 0.270. The van der Waals surface area contributed by atoms with Crippen LogP contribution in [0.25, 0.3) is 0 Å². The largest absolute Gasteiger partial charge is 0.350 e. The molecule has 4 heteroatoms. The van der Waals surface area contributed by atoms with Crippen LogP contribution in [0, 0.1) is 6.92 Å². The molecule has 1 heterocycles. The zero-order valence-corrected chi connectivity index (χ0v) is 12.0. The molecule has 0 saturated carbocycles. The minimum Gasteiger partial charge on any atom is -0.350 e. The van der Waals surface area contributed by atoms with Crippen molar-refractivity contribution in [1.82, 2.24) is 9.97 Å². The highest BCUT2D eigenvalue weighted by Gasteiger charge is 2.10. The monoisotopic (exact) mass is 250 g/mol. The Balaban J connectivity index is 2.75. The van der Waals surface area contributed by atoms with Crippen molar-refractivity contribution in [1.29, 1.82) is 0 Å². The van der Waals surface area contributed by atoms with Crippen molar-refractivity contribution in [3.8, 4) is 0 Å². The highest BCUT2D eigenvalue weighted by molar-refractivity contribution is 5.30. The van der Waals surface area contributed by atoms with Crippen molar-refractivity contribution in [2.75, 3.05) is 11.9 Å². The van der Waals surface area contributed by atoms with E-state index in [1.807, 2.05) is 13.0 Å². The van der Waals surface area contributed by atoms with Crippen LogP contribution in [0.1, 0.15) is 57.3 Å². The molecule has 0 fully saturated rings. The van der Waals surface area contributed by atoms with Crippen molar-refractivity contribution in [2.24, 2.45) is 5.73 Å². The molecule has 4 nitrogen and oxygen atoms in total. The molecular formula is C14H26N4. The highest BCUT2D eigenvalue weighted by atomic mass is 15.1. The quantitative estimate of drug-likeness (QED) is 0.781. The van der Waals surface area contributed by atoms with Crippen LogP contribution in [0.4, 0.5) is 5.95 Å². The Bertz CT molecular complexity index is 363. The average Bonchev–Trinajstić information content (AvgIpc) is 2.33. The number of unbranched alkanes of at least 4 members (excludes halogenated alkanes) is 1. The molecule has 1 aromatic heterocycles. The fraction of sp³-hybridized carbons (Fsp3) is 0.714. The van der Waals surface area contributed by atoms with Crippen LogP contribution in [0.3, 0.4) is 0 Å². The molecule has 1 rings (SSSR count). The first-order valence-electron chi connectivity index (χ1n) is 6.89. The SMILES string of the molecule is CCCCC(CN)Nc1nc(C)cc(C(C)C)n1. The summed E-state index contributed by atoms with van der Waals surface area (Å²) in [5.41, 5.74) is 7.86. The Morgan fingerprint density at radius 1 is 1.33 bits per heavy atom. The minimum atomic E-state index is 0.270. The summed E-state index contributed by atoms with van der Waals surface area (Å²) in [5, 5.41) is 3.35. The van der Waals surface area contributed by atoms with Gasteiger partial charge in [0.2, 0.25) is 5.95 Å². The summed E-state index contributed by atoms with van der Waals surface area (Å²) in [7, 11) is 0. The van der Waals surface area contributed by atoms with Crippen molar-refractivity contribution < 1.29 is 0 Å². The molecule has 0 aliphatic heterocycles. The summed E-state index contributed by atoms with van der Waals surface area (Å²) in [6.45, 7) is 9.09. The van der Waals surface area contributed by atoms with E-state index < -0.39 is 0 Å². The third kappa shape index (κ3) is 4.61. The fourth-order valence-corrected chi connectivity index (χ4v) is 1.84. The number of hydrogen-bond acceptors (Lipinski definition) is 4. The van der Waals surface area contributed by atoms with Crippen molar-refractivity contribution in [3.63, 3.8) is 0 Å². The molecule has 0 saturated heterocycles. The van der Waals surface area contributed by atoms with Crippen molar-refractivity contribution in [2.45, 2.75) is 58.9 Å². The molecule has 0 amide bonds. The van der Waals surface area contributed by atoms with E-state index in [1.165, 1.54) is 12.8 Å². The number of aryl methyl sites for hydroxylation is 1. The van der Waals surface area contributed by atoms with Crippen LogP contribution in [0.5, 0.6) is 0 Å². The Kier molecular flexibility index (Phi) is 6.05. The van der Waals surface area contributed by atoms with Crippen molar-refractivity contribution in [3.05, 3.63) is 17.5 Å². The molecule has 102 valence electrons. The Labute approximate surface area is 110 Å². The molecule has 0 aliphatic rings. The Morgan fingerprint density at radius 3 is 2.61 bits per heavy atom. The maximum Gasteiger partial charge on any atom is 0.223 e. The summed E-state index contributed by atoms with van der Waals surface area (Å²) in [5.74, 6) is 1.13. The number of hydrogen-bond donors (Lipinski definition) is 2. The van der Waals surface area contributed by atoms with Crippen LogP contribution >= 0.6 is 0 Å². The average molecular weight is 250 g/mol. The molecule has 0 aliphatic carbocycles. The van der Waals surface area contributed by atoms with Crippen LogP contribution in [-0.2, 0) is 0 Å². The predicted octanol–water partition coefficient (Wildman–Crippen LogP) is 2.84. The van der Waals surface area contributed by atoms with Gasteiger partial charge < -0.3 is 11.1 Å². The molecule has 1 unspecified atom stereocenters. The third-order valence-corrected chi connectivity index (χ3v) is 2.99. The number of rotatable bonds is 7. The van der Waals surface area contributed by atoms with E-state index in [2.05, 4.69) is 36.1 Å². The summed E-state index contributed by atoms with van der Waals surface area (Å²) in [4.78, 5) is 8.99. The lowest BCUT2D eigenvalue weighted by molar-refractivity contribution is 0.609. The van der Waals surface area contributed by atoms with Gasteiger partial charge in [0.1, 0.15) is 0 Å². The van der Waals surface area contributed by atoms with E-state index in [4.69, 9.17) is 5.73 Å². The summed E-state index contributed by atoms with van der Waals surface area (Å²) < 4.78 is 0. The van der Waals surface area contributed by atoms with Gasteiger partial charge in [-0.1, -0.05) is 33.6 Å². The molecule has 1 aromatic rings. The molecule has 0 bridgehead atoms. The van der Waals surface area contributed by atoms with Gasteiger partial charge in [-0.15, -0.1) is 0 Å². The van der Waals surface area contributed by atoms with E-state index >= 15 is 0 Å². The first-order chi connectivity index (χ1) is 8.56. The van der Waals surface area contributed by atoms with Gasteiger partial charge in [-0.2, -0.15) is 0 Å². The standard InChI is InChI=1S/C14H26N4/c1-5-6-7-12(9-15)17-14-16-11(4)8-13(18-14)10(2)3/h8,10,12H,5-7,9,15H2,1-4H3,(H,16,17,18). The smallest absolute Gasteiger partial charge is 0.223 e. The maximum atomic E-state index is 5.78. The Morgan fingerprint density at radius 2 is 2.06 bits per heavy atom. The van der Waals surface area contributed by atoms with E-state index in [0.29, 0.717) is 18.4 Å². The zero-order valence-electron chi connectivity index (χ0n) is 12.0. The fourth-order valence-electron chi connectivity index (χ4n) is 1.84. The van der Waals surface area contributed by atoms with Gasteiger partial charge in [0, 0.05) is 24.0 Å². The van der Waals surface area contributed by atoms with Crippen LogP contribution in [0.2, 0.25) is 0 Å². The molecular weight excluding hydrogens is 224 g/mol. The van der Waals surface area contributed by atoms with E-state index in [9.17, 15) is 0 Å². The lowest BCUT2D eigenvalue weighted by Gasteiger charge is -2.17. The zero-order chi connectivity index (χ0) is 13.5. The Hall–Kier alpha value is -1.16. The number of nitrogens with two attached hydrogens (primary N) is 1. The second kappa shape index (κ2) is 7.31. The molecule has 0 spiro atoms. The lowest BCUT2D eigenvalue weighted by atomic mass is 10.1. The number of aromatic nitrogens is 2. The van der Waals surface area contributed by atoms with E-state index in [-0.39, 0.29) is 6.04 Å². The molecule has 0 radical (unpaired) electrons. The van der Waals surface area contributed by atoms with E-state index in [0.717, 1.165) is 17.8 Å². The summed E-state index contributed by atoms with van der Waals surface area (Å²) in [6.07, 6.45) is 3.43.